The van der Waals surface area contributed by atoms with Gasteiger partial charge in [0.25, 0.3) is 0 Å². The van der Waals surface area contributed by atoms with Gasteiger partial charge in [-0.25, -0.2) is 14.6 Å². The van der Waals surface area contributed by atoms with Crippen molar-refractivity contribution in [1.82, 2.24) is 4.98 Å². The fourth-order valence-electron chi connectivity index (χ4n) is 2.31. The fourth-order valence-corrected chi connectivity index (χ4v) is 2.31. The number of hydrogen-bond donors (Lipinski definition) is 2. The topological polar surface area (TPSA) is 102 Å². The summed E-state index contributed by atoms with van der Waals surface area (Å²) in [5.41, 5.74) is 2.68. The molecule has 0 radical (unpaired) electrons. The van der Waals surface area contributed by atoms with Gasteiger partial charge in [-0.2, -0.15) is 0 Å². The van der Waals surface area contributed by atoms with E-state index < -0.39 is 12.1 Å². The highest BCUT2D eigenvalue weighted by Crippen LogP contribution is 2.24. The zero-order chi connectivity index (χ0) is 18.5. The number of aryl methyl sites for hydroxylation is 1. The van der Waals surface area contributed by atoms with Crippen molar-refractivity contribution >= 4 is 17.7 Å². The van der Waals surface area contributed by atoms with E-state index in [1.54, 1.807) is 25.1 Å². The average molecular weight is 352 g/mol. The molecule has 1 aromatic heterocycles. The second kappa shape index (κ2) is 7.52. The van der Waals surface area contributed by atoms with Crippen LogP contribution in [0.5, 0.6) is 0 Å². The van der Waals surface area contributed by atoms with Crippen LogP contribution in [0.25, 0.3) is 11.5 Å². The number of nitrogens with one attached hydrogen (secondary N) is 1. The van der Waals surface area contributed by atoms with Crippen LogP contribution < -0.4 is 5.32 Å². The standard InChI is InChI=1S/C19H16N2O5/c1-12-9-14(17-20-16(11-25-17)18(22)23)7-8-15(12)21-19(24)26-10-13-5-3-2-4-6-13/h2-9,11H,10H2,1H3,(H,21,24)(H,22,23). The van der Waals surface area contributed by atoms with Gasteiger partial charge >= 0.3 is 12.1 Å². The van der Waals surface area contributed by atoms with E-state index in [-0.39, 0.29) is 18.2 Å². The van der Waals surface area contributed by atoms with Gasteiger partial charge in [0.15, 0.2) is 5.69 Å². The van der Waals surface area contributed by atoms with Crippen LogP contribution in [-0.4, -0.2) is 22.2 Å². The van der Waals surface area contributed by atoms with Gasteiger partial charge in [0.05, 0.1) is 0 Å². The summed E-state index contributed by atoms with van der Waals surface area (Å²) in [7, 11) is 0. The highest BCUT2D eigenvalue weighted by atomic mass is 16.5. The molecule has 0 aliphatic rings. The Morgan fingerprint density at radius 1 is 1.19 bits per heavy atom. The summed E-state index contributed by atoms with van der Waals surface area (Å²) in [6, 6.07) is 14.5. The summed E-state index contributed by atoms with van der Waals surface area (Å²) in [6.07, 6.45) is 0.522. The normalized spacial score (nSPS) is 10.3. The lowest BCUT2D eigenvalue weighted by atomic mass is 10.1. The van der Waals surface area contributed by atoms with Crippen molar-refractivity contribution in [1.29, 1.82) is 0 Å². The van der Waals surface area contributed by atoms with Crippen molar-refractivity contribution in [2.45, 2.75) is 13.5 Å². The number of anilines is 1. The predicted molar refractivity (Wildman–Crippen MR) is 93.9 cm³/mol. The number of rotatable bonds is 5. The van der Waals surface area contributed by atoms with E-state index >= 15 is 0 Å². The largest absolute Gasteiger partial charge is 0.476 e. The first-order valence-corrected chi connectivity index (χ1v) is 7.80. The van der Waals surface area contributed by atoms with Gasteiger partial charge in [-0.1, -0.05) is 30.3 Å². The number of amides is 1. The van der Waals surface area contributed by atoms with Crippen LogP contribution in [0, 0.1) is 6.92 Å². The molecule has 26 heavy (non-hydrogen) atoms. The molecule has 132 valence electrons. The summed E-state index contributed by atoms with van der Waals surface area (Å²) < 4.78 is 10.4. The second-order valence-corrected chi connectivity index (χ2v) is 5.56. The number of hydrogen-bond acceptors (Lipinski definition) is 5. The lowest BCUT2D eigenvalue weighted by Gasteiger charge is -2.10. The monoisotopic (exact) mass is 352 g/mol. The lowest BCUT2D eigenvalue weighted by molar-refractivity contribution is 0.0690. The van der Waals surface area contributed by atoms with Crippen LogP contribution >= 0.6 is 0 Å². The van der Waals surface area contributed by atoms with Crippen LogP contribution in [0.2, 0.25) is 0 Å². The summed E-state index contributed by atoms with van der Waals surface area (Å²) in [4.78, 5) is 26.7. The van der Waals surface area contributed by atoms with Gasteiger partial charge in [0.2, 0.25) is 5.89 Å². The van der Waals surface area contributed by atoms with Crippen molar-refractivity contribution in [2.75, 3.05) is 5.32 Å². The molecule has 3 aromatic rings. The first kappa shape index (κ1) is 17.2. The Morgan fingerprint density at radius 2 is 1.96 bits per heavy atom. The lowest BCUT2D eigenvalue weighted by Crippen LogP contribution is -2.14. The zero-order valence-electron chi connectivity index (χ0n) is 13.9. The Kier molecular flexibility index (Phi) is 4.98. The first-order chi connectivity index (χ1) is 12.5. The van der Waals surface area contributed by atoms with Crippen molar-refractivity contribution < 1.29 is 23.8 Å². The van der Waals surface area contributed by atoms with Crippen LogP contribution in [0.15, 0.2) is 59.2 Å². The number of aromatic nitrogens is 1. The molecule has 0 fully saturated rings. The van der Waals surface area contributed by atoms with E-state index in [0.29, 0.717) is 11.3 Å². The molecule has 0 saturated heterocycles. The van der Waals surface area contributed by atoms with E-state index in [9.17, 15) is 9.59 Å². The molecule has 3 rings (SSSR count). The van der Waals surface area contributed by atoms with Gasteiger partial charge in [-0.15, -0.1) is 0 Å². The Balaban J connectivity index is 1.65. The van der Waals surface area contributed by atoms with Crippen molar-refractivity contribution in [3.05, 3.63) is 71.6 Å². The highest BCUT2D eigenvalue weighted by molar-refractivity contribution is 5.87. The highest BCUT2D eigenvalue weighted by Gasteiger charge is 2.13. The van der Waals surface area contributed by atoms with E-state index in [0.717, 1.165) is 17.4 Å². The summed E-state index contributed by atoms with van der Waals surface area (Å²) in [5.74, 6) is -0.958. The maximum Gasteiger partial charge on any atom is 0.411 e. The number of carbonyl (C=O) groups excluding carboxylic acids is 1. The minimum atomic E-state index is -1.16. The number of ether oxygens (including phenoxy) is 1. The van der Waals surface area contributed by atoms with Crippen molar-refractivity contribution in [3.8, 4) is 11.5 Å². The second-order valence-electron chi connectivity index (χ2n) is 5.56. The maximum absolute atomic E-state index is 11.9. The smallest absolute Gasteiger partial charge is 0.411 e. The Bertz CT molecular complexity index is 934. The average Bonchev–Trinajstić information content (AvgIpc) is 3.13. The zero-order valence-corrected chi connectivity index (χ0v) is 13.9. The SMILES string of the molecule is Cc1cc(-c2nc(C(=O)O)co2)ccc1NC(=O)OCc1ccccc1. The van der Waals surface area contributed by atoms with Gasteiger partial charge in [0, 0.05) is 11.3 Å². The molecule has 0 atom stereocenters. The van der Waals surface area contributed by atoms with Crippen LogP contribution in [0.3, 0.4) is 0 Å². The Morgan fingerprint density at radius 3 is 2.62 bits per heavy atom. The maximum atomic E-state index is 11.9. The molecule has 2 aromatic carbocycles. The summed E-state index contributed by atoms with van der Waals surface area (Å²) >= 11 is 0. The van der Waals surface area contributed by atoms with Crippen LogP contribution in [0.4, 0.5) is 10.5 Å². The number of benzene rings is 2. The molecule has 2 N–H and O–H groups in total. The number of oxazole rings is 1. The number of aromatic carboxylic acids is 1. The number of carboxylic acids is 1. The summed E-state index contributed by atoms with van der Waals surface area (Å²) in [5, 5.41) is 11.6. The van der Waals surface area contributed by atoms with E-state index in [1.165, 1.54) is 0 Å². The molecule has 0 unspecified atom stereocenters. The molecular formula is C19H16N2O5. The molecule has 0 bridgehead atoms. The number of carbonyl (C=O) groups is 2. The third kappa shape index (κ3) is 4.07. The van der Waals surface area contributed by atoms with Gasteiger partial charge in [0.1, 0.15) is 12.9 Å². The molecule has 1 amide bonds. The van der Waals surface area contributed by atoms with Crippen LogP contribution in [0.1, 0.15) is 21.6 Å². The Labute approximate surface area is 149 Å². The van der Waals surface area contributed by atoms with Crippen LogP contribution in [-0.2, 0) is 11.3 Å². The number of nitrogens with zero attached hydrogens (tertiary/aromatic N) is 1. The molecule has 7 heteroatoms. The molecular weight excluding hydrogens is 336 g/mol. The van der Waals surface area contributed by atoms with E-state index in [4.69, 9.17) is 14.3 Å². The molecule has 0 spiro atoms. The third-order valence-electron chi connectivity index (χ3n) is 3.65. The van der Waals surface area contributed by atoms with E-state index in [2.05, 4.69) is 10.3 Å². The molecule has 0 saturated carbocycles. The number of carboxylic acid groups (broad SMARTS) is 1. The minimum absolute atomic E-state index is 0.163. The predicted octanol–water partition coefficient (Wildman–Crippen LogP) is 4.10. The van der Waals surface area contributed by atoms with Crippen molar-refractivity contribution in [2.24, 2.45) is 0 Å². The van der Waals surface area contributed by atoms with Gasteiger partial charge in [-0.05, 0) is 36.2 Å². The molecule has 1 heterocycles. The fraction of sp³-hybridized carbons (Fsp3) is 0.105. The van der Waals surface area contributed by atoms with Crippen molar-refractivity contribution in [3.63, 3.8) is 0 Å². The minimum Gasteiger partial charge on any atom is -0.476 e. The molecule has 0 aliphatic carbocycles. The van der Waals surface area contributed by atoms with Gasteiger partial charge < -0.3 is 14.3 Å². The Hall–Kier alpha value is -3.61. The molecule has 0 aliphatic heterocycles. The summed E-state index contributed by atoms with van der Waals surface area (Å²) in [6.45, 7) is 1.98. The van der Waals surface area contributed by atoms with Gasteiger partial charge in [-0.3, -0.25) is 5.32 Å². The third-order valence-corrected chi connectivity index (χ3v) is 3.65. The first-order valence-electron chi connectivity index (χ1n) is 7.80. The van der Waals surface area contributed by atoms with E-state index in [1.807, 2.05) is 30.3 Å². The molecule has 7 nitrogen and oxygen atoms in total. The quantitative estimate of drug-likeness (QED) is 0.717.